The van der Waals surface area contributed by atoms with Crippen LogP contribution in [0.25, 0.3) is 0 Å². The molecular formula is C16H26N2O. The van der Waals surface area contributed by atoms with E-state index in [-0.39, 0.29) is 5.91 Å². The quantitative estimate of drug-likeness (QED) is 0.819. The van der Waals surface area contributed by atoms with E-state index in [4.69, 9.17) is 5.73 Å². The van der Waals surface area contributed by atoms with Crippen molar-refractivity contribution in [2.75, 3.05) is 0 Å². The molecule has 3 N–H and O–H groups in total. The van der Waals surface area contributed by atoms with Crippen molar-refractivity contribution in [3.8, 4) is 0 Å². The van der Waals surface area contributed by atoms with Crippen molar-refractivity contribution in [2.45, 2.75) is 69.9 Å². The lowest BCUT2D eigenvalue weighted by Crippen LogP contribution is -2.58. The monoisotopic (exact) mass is 262 g/mol. The third-order valence-corrected chi connectivity index (χ3v) is 6.59. The molecule has 5 aliphatic rings. The van der Waals surface area contributed by atoms with Crippen LogP contribution < -0.4 is 11.1 Å². The van der Waals surface area contributed by atoms with Gasteiger partial charge in [-0.2, -0.15) is 0 Å². The summed E-state index contributed by atoms with van der Waals surface area (Å²) in [5.41, 5.74) is 5.90. The maximum absolute atomic E-state index is 12.2. The number of nitrogens with two attached hydrogens (primary N) is 1. The molecule has 5 fully saturated rings. The first kappa shape index (κ1) is 12.2. The van der Waals surface area contributed by atoms with E-state index in [0.717, 1.165) is 30.6 Å². The molecule has 0 aromatic rings. The van der Waals surface area contributed by atoms with Crippen LogP contribution in [0.1, 0.15) is 58.3 Å². The van der Waals surface area contributed by atoms with Crippen LogP contribution >= 0.6 is 0 Å². The van der Waals surface area contributed by atoms with Gasteiger partial charge in [-0.3, -0.25) is 4.79 Å². The molecule has 0 radical (unpaired) electrons. The van der Waals surface area contributed by atoms with Crippen molar-refractivity contribution in [3.05, 3.63) is 0 Å². The van der Waals surface area contributed by atoms with Crippen molar-refractivity contribution in [3.63, 3.8) is 0 Å². The smallest absolute Gasteiger partial charge is 0.240 e. The van der Waals surface area contributed by atoms with Gasteiger partial charge in [0.2, 0.25) is 5.91 Å². The summed E-state index contributed by atoms with van der Waals surface area (Å²) in [6.07, 6.45) is 10.1. The maximum Gasteiger partial charge on any atom is 0.240 e. The van der Waals surface area contributed by atoms with Crippen molar-refractivity contribution >= 4 is 5.91 Å². The molecule has 5 saturated carbocycles. The molecule has 19 heavy (non-hydrogen) atoms. The summed E-state index contributed by atoms with van der Waals surface area (Å²) in [5.74, 6) is 2.94. The molecular weight excluding hydrogens is 236 g/mol. The Kier molecular flexibility index (Phi) is 2.41. The second kappa shape index (κ2) is 3.75. The minimum Gasteiger partial charge on any atom is -0.351 e. The Morgan fingerprint density at radius 1 is 1.11 bits per heavy atom. The summed E-state index contributed by atoms with van der Waals surface area (Å²) in [6.45, 7) is 2.23. The summed E-state index contributed by atoms with van der Waals surface area (Å²) in [4.78, 5) is 12.2. The SMILES string of the molecule is CC(NC(=O)C1(N)CC1)C12CC3CC(CC(C3)C1)C2. The molecule has 5 aliphatic carbocycles. The van der Waals surface area contributed by atoms with E-state index >= 15 is 0 Å². The zero-order chi connectivity index (χ0) is 13.3. The standard InChI is InChI=1S/C16H26N2O/c1-10(18-14(19)16(17)2-3-16)15-7-11-4-12(8-15)6-13(5-11)9-15/h10-13H,2-9,17H2,1H3,(H,18,19). The summed E-state index contributed by atoms with van der Waals surface area (Å²) in [6, 6.07) is 0.314. The number of rotatable bonds is 3. The van der Waals surface area contributed by atoms with E-state index in [1.165, 1.54) is 38.5 Å². The molecule has 1 amide bonds. The minimum absolute atomic E-state index is 0.107. The molecule has 0 aromatic heterocycles. The van der Waals surface area contributed by atoms with Gasteiger partial charge in [0.1, 0.15) is 0 Å². The highest BCUT2D eigenvalue weighted by Gasteiger charge is 2.54. The van der Waals surface area contributed by atoms with Crippen molar-refractivity contribution in [1.82, 2.24) is 5.32 Å². The Hall–Kier alpha value is -0.570. The van der Waals surface area contributed by atoms with E-state index in [1.54, 1.807) is 0 Å². The van der Waals surface area contributed by atoms with E-state index in [9.17, 15) is 4.79 Å². The van der Waals surface area contributed by atoms with Gasteiger partial charge in [0.15, 0.2) is 0 Å². The zero-order valence-electron chi connectivity index (χ0n) is 12.0. The van der Waals surface area contributed by atoms with Crippen LogP contribution in [0.3, 0.4) is 0 Å². The van der Waals surface area contributed by atoms with Crippen LogP contribution in [0.4, 0.5) is 0 Å². The lowest BCUT2D eigenvalue weighted by atomic mass is 9.48. The molecule has 5 rings (SSSR count). The largest absolute Gasteiger partial charge is 0.351 e. The van der Waals surface area contributed by atoms with E-state index in [2.05, 4.69) is 12.2 Å². The molecule has 0 spiro atoms. The Labute approximate surface area is 115 Å². The van der Waals surface area contributed by atoms with E-state index in [0.29, 0.717) is 11.5 Å². The third-order valence-electron chi connectivity index (χ3n) is 6.59. The van der Waals surface area contributed by atoms with E-state index in [1.807, 2.05) is 0 Å². The fraction of sp³-hybridized carbons (Fsp3) is 0.938. The lowest BCUT2D eigenvalue weighted by molar-refractivity contribution is -0.128. The number of hydrogen-bond acceptors (Lipinski definition) is 2. The Balaban J connectivity index is 1.50. The number of carbonyl (C=O) groups excluding carboxylic acids is 1. The topological polar surface area (TPSA) is 55.1 Å². The normalized spacial score (nSPS) is 46.9. The minimum atomic E-state index is -0.517. The average molecular weight is 262 g/mol. The van der Waals surface area contributed by atoms with Gasteiger partial charge in [0.05, 0.1) is 5.54 Å². The highest BCUT2D eigenvalue weighted by atomic mass is 16.2. The number of hydrogen-bond donors (Lipinski definition) is 2. The molecule has 3 heteroatoms. The molecule has 0 saturated heterocycles. The predicted octanol–water partition coefficient (Wildman–Crippen LogP) is 2.20. The van der Waals surface area contributed by atoms with Crippen LogP contribution in [0, 0.1) is 23.2 Å². The number of carbonyl (C=O) groups is 1. The first-order valence-corrected chi connectivity index (χ1v) is 8.09. The van der Waals surface area contributed by atoms with Gasteiger partial charge in [-0.25, -0.2) is 0 Å². The molecule has 106 valence electrons. The van der Waals surface area contributed by atoms with Gasteiger partial charge < -0.3 is 11.1 Å². The number of nitrogens with one attached hydrogen (secondary N) is 1. The van der Waals surface area contributed by atoms with Gasteiger partial charge in [0, 0.05) is 6.04 Å². The number of amides is 1. The highest BCUT2D eigenvalue weighted by Crippen LogP contribution is 2.61. The second-order valence-electron chi connectivity index (χ2n) is 8.13. The average Bonchev–Trinajstić information content (AvgIpc) is 3.07. The molecule has 1 unspecified atom stereocenters. The molecule has 0 aromatic carbocycles. The first-order valence-electron chi connectivity index (χ1n) is 8.09. The fourth-order valence-corrected chi connectivity index (χ4v) is 5.56. The van der Waals surface area contributed by atoms with Gasteiger partial charge in [-0.05, 0) is 81.5 Å². The first-order chi connectivity index (χ1) is 8.99. The third kappa shape index (κ3) is 1.84. The van der Waals surface area contributed by atoms with Gasteiger partial charge in [-0.1, -0.05) is 0 Å². The van der Waals surface area contributed by atoms with Crippen LogP contribution in [0.5, 0.6) is 0 Å². The van der Waals surface area contributed by atoms with Crippen molar-refractivity contribution < 1.29 is 4.79 Å². The summed E-state index contributed by atoms with van der Waals surface area (Å²) in [7, 11) is 0. The molecule has 0 heterocycles. The maximum atomic E-state index is 12.2. The van der Waals surface area contributed by atoms with E-state index < -0.39 is 5.54 Å². The fourth-order valence-electron chi connectivity index (χ4n) is 5.56. The molecule has 4 bridgehead atoms. The second-order valence-corrected chi connectivity index (χ2v) is 8.13. The summed E-state index contributed by atoms with van der Waals surface area (Å²) in [5, 5.41) is 3.28. The summed E-state index contributed by atoms with van der Waals surface area (Å²) >= 11 is 0. The molecule has 3 nitrogen and oxygen atoms in total. The van der Waals surface area contributed by atoms with Crippen molar-refractivity contribution in [2.24, 2.45) is 28.9 Å². The molecule has 0 aliphatic heterocycles. The molecule has 1 atom stereocenters. The zero-order valence-corrected chi connectivity index (χ0v) is 12.0. The van der Waals surface area contributed by atoms with Crippen molar-refractivity contribution in [1.29, 1.82) is 0 Å². The lowest BCUT2D eigenvalue weighted by Gasteiger charge is -2.59. The Morgan fingerprint density at radius 3 is 2.00 bits per heavy atom. The Bertz CT molecular complexity index is 378. The summed E-state index contributed by atoms with van der Waals surface area (Å²) < 4.78 is 0. The van der Waals surface area contributed by atoms with Crippen LogP contribution in [0.15, 0.2) is 0 Å². The van der Waals surface area contributed by atoms with Gasteiger partial charge >= 0.3 is 0 Å². The van der Waals surface area contributed by atoms with Crippen LogP contribution in [-0.2, 0) is 4.79 Å². The predicted molar refractivity (Wildman–Crippen MR) is 74.4 cm³/mol. The van der Waals surface area contributed by atoms with Crippen LogP contribution in [0.2, 0.25) is 0 Å². The highest BCUT2D eigenvalue weighted by molar-refractivity contribution is 5.89. The Morgan fingerprint density at radius 2 is 1.58 bits per heavy atom. The van der Waals surface area contributed by atoms with Gasteiger partial charge in [0.25, 0.3) is 0 Å². The van der Waals surface area contributed by atoms with Gasteiger partial charge in [-0.15, -0.1) is 0 Å². The van der Waals surface area contributed by atoms with Crippen LogP contribution in [-0.4, -0.2) is 17.5 Å².